The maximum atomic E-state index is 13.6. The van der Waals surface area contributed by atoms with Crippen LogP contribution in [0.15, 0.2) is 41.5 Å². The van der Waals surface area contributed by atoms with E-state index in [1.807, 2.05) is 0 Å². The van der Waals surface area contributed by atoms with Crippen molar-refractivity contribution >= 4 is 36.7 Å². The minimum Gasteiger partial charge on any atom is -0.462 e. The zero-order valence-electron chi connectivity index (χ0n) is 21.5. The highest BCUT2D eigenvalue weighted by molar-refractivity contribution is 7.52. The quantitative estimate of drug-likeness (QED) is 0.240. The number of imidazole rings is 1. The Hall–Kier alpha value is -3.54. The number of fused-ring (bicyclic) bond motifs is 1. The fourth-order valence-electron chi connectivity index (χ4n) is 4.02. The summed E-state index contributed by atoms with van der Waals surface area (Å²) in [6.07, 6.45) is 2.50. The third kappa shape index (κ3) is 6.66. The molecule has 2 aromatic heterocycles. The van der Waals surface area contributed by atoms with Gasteiger partial charge in [-0.3, -0.25) is 29.2 Å². The molecule has 0 saturated heterocycles. The van der Waals surface area contributed by atoms with Crippen LogP contribution in [0.1, 0.15) is 46.6 Å². The number of hydrogen-bond acceptors (Lipinski definition) is 9. The summed E-state index contributed by atoms with van der Waals surface area (Å²) in [7, 11) is -3.94. The molecule has 1 aliphatic rings. The van der Waals surface area contributed by atoms with Gasteiger partial charge in [-0.2, -0.15) is 10.1 Å². The molecule has 3 N–H and O–H groups in total. The van der Waals surface area contributed by atoms with Crippen molar-refractivity contribution in [2.24, 2.45) is 5.92 Å². The molecule has 4 rings (SSSR count). The fourth-order valence-corrected chi connectivity index (χ4v) is 5.59. The van der Waals surface area contributed by atoms with Gasteiger partial charge in [0, 0.05) is 13.0 Å². The Morgan fingerprint density at radius 2 is 1.92 bits per heavy atom. The van der Waals surface area contributed by atoms with Gasteiger partial charge in [-0.05, 0) is 51.7 Å². The van der Waals surface area contributed by atoms with E-state index in [1.54, 1.807) is 55.1 Å². The molecular weight excluding hydrogens is 515 g/mol. The van der Waals surface area contributed by atoms with Crippen LogP contribution in [0.5, 0.6) is 5.75 Å². The van der Waals surface area contributed by atoms with Crippen molar-refractivity contribution in [3.8, 4) is 5.75 Å². The Labute approximate surface area is 218 Å². The average molecular weight is 547 g/mol. The molecule has 0 spiro atoms. The number of nitrogens with one attached hydrogen (secondary N) is 3. The number of H-pyrrole nitrogens is 1. The highest BCUT2D eigenvalue weighted by atomic mass is 31.2. The Bertz CT molecular complexity index is 1400. The highest BCUT2D eigenvalue weighted by Gasteiger charge is 2.37. The Kier molecular flexibility index (Phi) is 8.29. The minimum atomic E-state index is -3.94. The second kappa shape index (κ2) is 11.5. The molecule has 204 valence electrons. The summed E-state index contributed by atoms with van der Waals surface area (Å²) in [5.74, 6) is -0.525. The number of ether oxygens (including phenoxy) is 1. The van der Waals surface area contributed by atoms with Crippen molar-refractivity contribution in [2.45, 2.75) is 58.7 Å². The van der Waals surface area contributed by atoms with E-state index in [1.165, 1.54) is 13.8 Å². The molecule has 0 radical (unpaired) electrons. The van der Waals surface area contributed by atoms with Gasteiger partial charge in [0.05, 0.1) is 19.0 Å². The van der Waals surface area contributed by atoms with Gasteiger partial charge >= 0.3 is 13.7 Å². The first kappa shape index (κ1) is 27.5. The first-order valence-corrected chi connectivity index (χ1v) is 13.8. The lowest BCUT2D eigenvalue weighted by molar-refractivity contribution is -0.149. The van der Waals surface area contributed by atoms with Crippen molar-refractivity contribution in [3.63, 3.8) is 0 Å². The third-order valence-corrected chi connectivity index (χ3v) is 7.48. The second-order valence-electron chi connectivity index (χ2n) is 9.45. The van der Waals surface area contributed by atoms with Crippen LogP contribution in [0.3, 0.4) is 0 Å². The lowest BCUT2D eigenvalue weighted by atomic mass is 9.81. The topological polar surface area (TPSA) is 167 Å². The number of carbonyl (C=O) groups excluding carboxylic acids is 2. The van der Waals surface area contributed by atoms with E-state index in [0.29, 0.717) is 24.2 Å². The summed E-state index contributed by atoms with van der Waals surface area (Å²) >= 11 is 0. The van der Waals surface area contributed by atoms with E-state index in [2.05, 4.69) is 25.4 Å². The number of carbonyl (C=O) groups is 2. The lowest BCUT2D eigenvalue weighted by Crippen LogP contribution is -2.37. The smallest absolute Gasteiger partial charge is 0.459 e. The normalized spacial score (nSPS) is 19.4. The van der Waals surface area contributed by atoms with Crippen LogP contribution < -0.4 is 20.5 Å². The molecule has 2 atom stereocenters. The minimum absolute atomic E-state index is 0.0181. The molecule has 1 aliphatic carbocycles. The number of nitrogens with zero attached hydrogens (tertiary/aromatic N) is 3. The molecule has 38 heavy (non-hydrogen) atoms. The molecule has 1 amide bonds. The van der Waals surface area contributed by atoms with E-state index < -0.39 is 25.3 Å². The summed E-state index contributed by atoms with van der Waals surface area (Å²) in [6, 6.07) is 7.60. The Morgan fingerprint density at radius 3 is 2.58 bits per heavy atom. The van der Waals surface area contributed by atoms with Crippen LogP contribution in [0.2, 0.25) is 0 Å². The number of para-hydroxylation sites is 1. The zero-order valence-corrected chi connectivity index (χ0v) is 22.4. The number of amides is 1. The molecule has 3 aromatic rings. The standard InChI is InChI=1S/C24H31N6O7P/c1-14(2)36-23(33)15(3)29-38(34,37-19-8-6-5-7-9-19)35-12-17-10-18(11-17)30-13-25-20-21(30)27-24(26-16(4)31)28-22(20)32/h5-9,13-15,17-18H,10-12H2,1-4H3,(H,29,34)(H2,26,27,28,31,32)/t15-,17-,18+,38?/m0/s1. The number of anilines is 1. The molecule has 1 unspecified atom stereocenters. The van der Waals surface area contributed by atoms with Crippen molar-refractivity contribution in [3.05, 3.63) is 47.0 Å². The molecule has 2 heterocycles. The van der Waals surface area contributed by atoms with Crippen LogP contribution >= 0.6 is 7.75 Å². The van der Waals surface area contributed by atoms with Crippen LogP contribution in [0, 0.1) is 5.92 Å². The predicted octanol–water partition coefficient (Wildman–Crippen LogP) is 3.16. The van der Waals surface area contributed by atoms with E-state index in [0.717, 1.165) is 0 Å². The molecule has 14 heteroatoms. The van der Waals surface area contributed by atoms with Gasteiger partial charge in [0.25, 0.3) is 5.56 Å². The van der Waals surface area contributed by atoms with Crippen molar-refractivity contribution in [1.29, 1.82) is 0 Å². The lowest BCUT2D eigenvalue weighted by Gasteiger charge is -2.36. The molecule has 0 bridgehead atoms. The molecule has 13 nitrogen and oxygen atoms in total. The Morgan fingerprint density at radius 1 is 1.21 bits per heavy atom. The fraction of sp³-hybridized carbons (Fsp3) is 0.458. The average Bonchev–Trinajstić information content (AvgIpc) is 3.21. The molecule has 1 aromatic carbocycles. The maximum Gasteiger partial charge on any atom is 0.459 e. The van der Waals surface area contributed by atoms with Gasteiger partial charge in [-0.15, -0.1) is 0 Å². The number of aromatic nitrogens is 4. The number of benzene rings is 1. The molecule has 1 saturated carbocycles. The maximum absolute atomic E-state index is 13.6. The highest BCUT2D eigenvalue weighted by Crippen LogP contribution is 2.48. The van der Waals surface area contributed by atoms with E-state index in [4.69, 9.17) is 13.8 Å². The van der Waals surface area contributed by atoms with E-state index in [9.17, 15) is 18.9 Å². The van der Waals surface area contributed by atoms with Crippen LogP contribution in [-0.4, -0.2) is 50.1 Å². The summed E-state index contributed by atoms with van der Waals surface area (Å²) in [5.41, 5.74) is 0.0806. The van der Waals surface area contributed by atoms with Crippen LogP contribution in [0.4, 0.5) is 5.95 Å². The summed E-state index contributed by atoms with van der Waals surface area (Å²) in [5, 5.41) is 5.16. The van der Waals surface area contributed by atoms with Gasteiger partial charge in [-0.1, -0.05) is 18.2 Å². The van der Waals surface area contributed by atoms with Gasteiger partial charge in [0.15, 0.2) is 11.2 Å². The largest absolute Gasteiger partial charge is 0.462 e. The third-order valence-electron chi connectivity index (χ3n) is 5.84. The number of esters is 1. The zero-order chi connectivity index (χ0) is 27.4. The van der Waals surface area contributed by atoms with Crippen molar-refractivity contribution in [1.82, 2.24) is 24.6 Å². The first-order valence-electron chi connectivity index (χ1n) is 12.2. The van der Waals surface area contributed by atoms with E-state index >= 15 is 0 Å². The van der Waals surface area contributed by atoms with Gasteiger partial charge < -0.3 is 13.8 Å². The number of aromatic amines is 1. The first-order chi connectivity index (χ1) is 18.0. The summed E-state index contributed by atoms with van der Waals surface area (Å²) in [4.78, 5) is 47.0. The van der Waals surface area contributed by atoms with Crippen LogP contribution in [0.25, 0.3) is 11.2 Å². The van der Waals surface area contributed by atoms with Crippen LogP contribution in [-0.2, 0) is 23.4 Å². The van der Waals surface area contributed by atoms with E-state index in [-0.39, 0.29) is 42.0 Å². The van der Waals surface area contributed by atoms with Gasteiger partial charge in [0.1, 0.15) is 11.8 Å². The second-order valence-corrected chi connectivity index (χ2v) is 11.1. The molecule has 1 fully saturated rings. The number of rotatable bonds is 11. The van der Waals surface area contributed by atoms with Crippen molar-refractivity contribution in [2.75, 3.05) is 11.9 Å². The van der Waals surface area contributed by atoms with Gasteiger partial charge in [-0.25, -0.2) is 9.55 Å². The van der Waals surface area contributed by atoms with Crippen molar-refractivity contribution < 1.29 is 27.9 Å². The summed E-state index contributed by atoms with van der Waals surface area (Å²) < 4.78 is 32.0. The van der Waals surface area contributed by atoms with Gasteiger partial charge in [0.2, 0.25) is 11.9 Å². The number of hydrogen-bond donors (Lipinski definition) is 3. The Balaban J connectivity index is 1.42. The SMILES string of the molecule is CC(=O)Nc1nc2c(ncn2[C@H]2C[C@@H](COP(=O)(N[C@@H](C)C(=O)OC(C)C)Oc3ccccc3)C2)c(=O)[nH]1. The predicted molar refractivity (Wildman–Crippen MR) is 139 cm³/mol. The monoisotopic (exact) mass is 546 g/mol. The molecular formula is C24H31N6O7P. The molecule has 0 aliphatic heterocycles. The summed E-state index contributed by atoms with van der Waals surface area (Å²) in [6.45, 7) is 6.41.